The predicted octanol–water partition coefficient (Wildman–Crippen LogP) is 2.55. The summed E-state index contributed by atoms with van der Waals surface area (Å²) in [4.78, 5) is 16.0. The molecule has 94 valence electrons. The first kappa shape index (κ1) is 13.8. The third kappa shape index (κ3) is 3.89. The predicted molar refractivity (Wildman–Crippen MR) is 70.6 cm³/mol. The molecule has 0 spiro atoms. The Balaban J connectivity index is 2.85. The topological polar surface area (TPSA) is 54.0 Å². The van der Waals surface area contributed by atoms with Crippen molar-refractivity contribution in [2.45, 2.75) is 26.8 Å². The maximum Gasteiger partial charge on any atom is 0.251 e. The van der Waals surface area contributed by atoms with Crippen molar-refractivity contribution in [1.82, 2.24) is 10.3 Å². The van der Waals surface area contributed by atoms with Gasteiger partial charge in [0.1, 0.15) is 11.0 Å². The van der Waals surface area contributed by atoms with Crippen LogP contribution in [-0.2, 0) is 0 Å². The summed E-state index contributed by atoms with van der Waals surface area (Å²) in [5.41, 5.74) is 0.516. The van der Waals surface area contributed by atoms with Gasteiger partial charge in [-0.15, -0.1) is 0 Å². The highest BCUT2D eigenvalue weighted by atomic mass is 35.5. The van der Waals surface area contributed by atoms with Crippen molar-refractivity contribution in [3.05, 3.63) is 22.8 Å². The molecule has 1 heterocycles. The normalized spacial score (nSPS) is 12.4. The van der Waals surface area contributed by atoms with Crippen LogP contribution in [-0.4, -0.2) is 24.0 Å². The highest BCUT2D eigenvalue weighted by Crippen LogP contribution is 2.14. The minimum absolute atomic E-state index is 0.118. The second-order valence-corrected chi connectivity index (χ2v) is 4.71. The molecule has 1 unspecified atom stereocenters. The Morgan fingerprint density at radius 3 is 2.53 bits per heavy atom. The first-order valence-corrected chi connectivity index (χ1v) is 5.98. The summed E-state index contributed by atoms with van der Waals surface area (Å²) in [5.74, 6) is 0.840. The summed E-state index contributed by atoms with van der Waals surface area (Å²) in [6, 6.07) is 3.35. The zero-order valence-electron chi connectivity index (χ0n) is 10.5. The van der Waals surface area contributed by atoms with Crippen LogP contribution in [0.3, 0.4) is 0 Å². The number of hydrogen-bond acceptors (Lipinski definition) is 3. The number of anilines is 1. The Bertz CT molecular complexity index is 407. The minimum atomic E-state index is -0.132. The number of nitrogens with zero attached hydrogens (tertiary/aromatic N) is 1. The number of hydrogen-bond donors (Lipinski definition) is 2. The van der Waals surface area contributed by atoms with Gasteiger partial charge < -0.3 is 10.6 Å². The fraction of sp³-hybridized carbons (Fsp3) is 0.500. The zero-order valence-corrected chi connectivity index (χ0v) is 11.3. The Hall–Kier alpha value is -1.29. The smallest absolute Gasteiger partial charge is 0.251 e. The third-order valence-electron chi connectivity index (χ3n) is 2.67. The van der Waals surface area contributed by atoms with Crippen LogP contribution in [0.2, 0.25) is 5.15 Å². The lowest BCUT2D eigenvalue weighted by Crippen LogP contribution is -2.36. The molecule has 1 amide bonds. The van der Waals surface area contributed by atoms with E-state index in [1.54, 1.807) is 19.2 Å². The lowest BCUT2D eigenvalue weighted by Gasteiger charge is -2.17. The molecule has 1 rings (SSSR count). The first-order chi connectivity index (χ1) is 7.93. The van der Waals surface area contributed by atoms with Gasteiger partial charge in [-0.1, -0.05) is 25.4 Å². The van der Waals surface area contributed by atoms with E-state index in [4.69, 9.17) is 11.6 Å². The quantitative estimate of drug-likeness (QED) is 0.813. The van der Waals surface area contributed by atoms with E-state index in [9.17, 15) is 4.79 Å². The molecule has 0 aliphatic rings. The SMILES string of the molecule is CNc1cc(C(=O)NC(C)C(C)C)cc(Cl)n1. The Morgan fingerprint density at radius 1 is 1.35 bits per heavy atom. The number of halogens is 1. The highest BCUT2D eigenvalue weighted by Gasteiger charge is 2.13. The summed E-state index contributed by atoms with van der Waals surface area (Å²) >= 11 is 5.84. The fourth-order valence-corrected chi connectivity index (χ4v) is 1.42. The number of aromatic nitrogens is 1. The molecular formula is C12H18ClN3O. The van der Waals surface area contributed by atoms with Crippen LogP contribution >= 0.6 is 11.6 Å². The average Bonchev–Trinajstić information content (AvgIpc) is 2.27. The van der Waals surface area contributed by atoms with Crippen molar-refractivity contribution in [2.75, 3.05) is 12.4 Å². The molecule has 0 aliphatic carbocycles. The van der Waals surface area contributed by atoms with Crippen molar-refractivity contribution >= 4 is 23.3 Å². The summed E-state index contributed by atoms with van der Waals surface area (Å²) in [6.45, 7) is 6.09. The Morgan fingerprint density at radius 2 is 2.00 bits per heavy atom. The van der Waals surface area contributed by atoms with E-state index in [-0.39, 0.29) is 11.9 Å². The van der Waals surface area contributed by atoms with E-state index in [0.29, 0.717) is 22.5 Å². The van der Waals surface area contributed by atoms with Crippen molar-refractivity contribution < 1.29 is 4.79 Å². The van der Waals surface area contributed by atoms with Gasteiger partial charge in [-0.3, -0.25) is 4.79 Å². The molecule has 0 saturated carbocycles. The molecule has 0 aromatic carbocycles. The summed E-state index contributed by atoms with van der Waals surface area (Å²) in [6.07, 6.45) is 0. The van der Waals surface area contributed by atoms with E-state index < -0.39 is 0 Å². The van der Waals surface area contributed by atoms with Crippen LogP contribution in [0.1, 0.15) is 31.1 Å². The number of rotatable bonds is 4. The van der Waals surface area contributed by atoms with E-state index in [1.807, 2.05) is 6.92 Å². The Labute approximate surface area is 107 Å². The Kier molecular flexibility index (Phi) is 4.75. The van der Waals surface area contributed by atoms with Gasteiger partial charge >= 0.3 is 0 Å². The van der Waals surface area contributed by atoms with Gasteiger partial charge in [0.25, 0.3) is 5.91 Å². The molecule has 0 fully saturated rings. The number of carbonyl (C=O) groups excluding carboxylic acids is 1. The summed E-state index contributed by atoms with van der Waals surface area (Å²) in [5, 5.41) is 6.09. The van der Waals surface area contributed by atoms with Crippen molar-refractivity contribution in [3.8, 4) is 0 Å². The van der Waals surface area contributed by atoms with Gasteiger partial charge in [0.05, 0.1) is 0 Å². The maximum atomic E-state index is 12.0. The molecule has 4 nitrogen and oxygen atoms in total. The molecule has 2 N–H and O–H groups in total. The zero-order chi connectivity index (χ0) is 13.0. The van der Waals surface area contributed by atoms with Crippen molar-refractivity contribution in [3.63, 3.8) is 0 Å². The summed E-state index contributed by atoms with van der Waals surface area (Å²) < 4.78 is 0. The van der Waals surface area contributed by atoms with Crippen LogP contribution < -0.4 is 10.6 Å². The van der Waals surface area contributed by atoms with Gasteiger partial charge in [-0.05, 0) is 25.0 Å². The third-order valence-corrected chi connectivity index (χ3v) is 2.86. The largest absolute Gasteiger partial charge is 0.373 e. The molecule has 1 aromatic rings. The second kappa shape index (κ2) is 5.87. The molecule has 0 aliphatic heterocycles. The van der Waals surface area contributed by atoms with Gasteiger partial charge in [0, 0.05) is 18.7 Å². The van der Waals surface area contributed by atoms with Gasteiger partial charge in [0.2, 0.25) is 0 Å². The molecule has 5 heteroatoms. The molecule has 0 saturated heterocycles. The second-order valence-electron chi connectivity index (χ2n) is 4.32. The van der Waals surface area contributed by atoms with E-state index >= 15 is 0 Å². The minimum Gasteiger partial charge on any atom is -0.373 e. The number of pyridine rings is 1. The van der Waals surface area contributed by atoms with E-state index in [0.717, 1.165) is 0 Å². The fourth-order valence-electron chi connectivity index (χ4n) is 1.21. The number of carbonyl (C=O) groups is 1. The lowest BCUT2D eigenvalue weighted by atomic mass is 10.1. The van der Waals surface area contributed by atoms with Gasteiger partial charge in [0.15, 0.2) is 0 Å². The summed E-state index contributed by atoms with van der Waals surface area (Å²) in [7, 11) is 1.73. The molecule has 0 radical (unpaired) electrons. The lowest BCUT2D eigenvalue weighted by molar-refractivity contribution is 0.0930. The van der Waals surface area contributed by atoms with Crippen LogP contribution in [0.15, 0.2) is 12.1 Å². The standard InChI is InChI=1S/C12H18ClN3O/c1-7(2)8(3)15-12(17)9-5-10(13)16-11(6-9)14-4/h5-8H,1-4H3,(H,14,16)(H,15,17). The molecule has 17 heavy (non-hydrogen) atoms. The number of nitrogens with one attached hydrogen (secondary N) is 2. The van der Waals surface area contributed by atoms with Crippen LogP contribution in [0, 0.1) is 5.92 Å². The molecule has 1 atom stereocenters. The van der Waals surface area contributed by atoms with Crippen molar-refractivity contribution in [2.24, 2.45) is 5.92 Å². The van der Waals surface area contributed by atoms with Crippen molar-refractivity contribution in [1.29, 1.82) is 0 Å². The van der Waals surface area contributed by atoms with E-state index in [2.05, 4.69) is 29.5 Å². The number of amides is 1. The monoisotopic (exact) mass is 255 g/mol. The highest BCUT2D eigenvalue weighted by molar-refractivity contribution is 6.29. The first-order valence-electron chi connectivity index (χ1n) is 5.60. The van der Waals surface area contributed by atoms with Crippen LogP contribution in [0.4, 0.5) is 5.82 Å². The van der Waals surface area contributed by atoms with Crippen LogP contribution in [0.25, 0.3) is 0 Å². The van der Waals surface area contributed by atoms with E-state index in [1.165, 1.54) is 0 Å². The molecule has 0 bridgehead atoms. The maximum absolute atomic E-state index is 12.0. The average molecular weight is 256 g/mol. The molecule has 1 aromatic heterocycles. The van der Waals surface area contributed by atoms with Crippen LogP contribution in [0.5, 0.6) is 0 Å². The van der Waals surface area contributed by atoms with Gasteiger partial charge in [-0.2, -0.15) is 0 Å². The molecular weight excluding hydrogens is 238 g/mol. The van der Waals surface area contributed by atoms with Gasteiger partial charge in [-0.25, -0.2) is 4.98 Å².